The monoisotopic (exact) mass is 364 g/mol. The number of para-hydroxylation sites is 2. The number of aliphatic imine (C=N–C) groups is 1. The first-order valence-electron chi connectivity index (χ1n) is 7.72. The van der Waals surface area contributed by atoms with Gasteiger partial charge in [0.2, 0.25) is 5.13 Å². The maximum absolute atomic E-state index is 12.1. The van der Waals surface area contributed by atoms with E-state index in [2.05, 4.69) is 20.5 Å². The molecular formula is C18H12N4O3S. The van der Waals surface area contributed by atoms with E-state index >= 15 is 0 Å². The molecule has 1 N–H and O–H groups in total. The van der Waals surface area contributed by atoms with Crippen LogP contribution in [0.3, 0.4) is 0 Å². The lowest BCUT2D eigenvalue weighted by Crippen LogP contribution is -2.13. The number of rotatable bonds is 3. The first-order chi connectivity index (χ1) is 12.6. The molecule has 0 fully saturated rings. The minimum atomic E-state index is -0.415. The molecule has 1 aliphatic rings. The second-order valence-electron chi connectivity index (χ2n) is 5.44. The maximum Gasteiger partial charge on any atom is 0.308 e. The largest absolute Gasteiger partial charge is 0.426 e. The van der Waals surface area contributed by atoms with Crippen molar-refractivity contribution in [3.8, 4) is 16.3 Å². The van der Waals surface area contributed by atoms with Gasteiger partial charge in [0.15, 0.2) is 5.01 Å². The SMILES string of the molecule is CC(=O)Oc1ccccc1-c1nnc(N=C2C(=O)Nc3ccccc32)s1. The van der Waals surface area contributed by atoms with Gasteiger partial charge in [-0.3, -0.25) is 9.59 Å². The van der Waals surface area contributed by atoms with Gasteiger partial charge in [-0.15, -0.1) is 10.2 Å². The number of amides is 1. The van der Waals surface area contributed by atoms with Crippen molar-refractivity contribution >= 4 is 39.7 Å². The molecule has 2 heterocycles. The van der Waals surface area contributed by atoms with Crippen LogP contribution in [0.25, 0.3) is 10.6 Å². The Hall–Kier alpha value is -3.39. The van der Waals surface area contributed by atoms with E-state index in [0.29, 0.717) is 27.2 Å². The van der Waals surface area contributed by atoms with Gasteiger partial charge in [-0.2, -0.15) is 0 Å². The number of hydrogen-bond acceptors (Lipinski definition) is 7. The lowest BCUT2D eigenvalue weighted by molar-refractivity contribution is -0.131. The van der Waals surface area contributed by atoms with E-state index in [-0.39, 0.29) is 5.91 Å². The number of benzene rings is 2. The van der Waals surface area contributed by atoms with E-state index in [1.54, 1.807) is 18.2 Å². The molecule has 0 saturated heterocycles. The van der Waals surface area contributed by atoms with Crippen molar-refractivity contribution in [2.24, 2.45) is 4.99 Å². The molecule has 26 heavy (non-hydrogen) atoms. The van der Waals surface area contributed by atoms with E-state index in [4.69, 9.17) is 4.74 Å². The number of anilines is 1. The van der Waals surface area contributed by atoms with Gasteiger partial charge in [-0.05, 0) is 18.2 Å². The highest BCUT2D eigenvalue weighted by Gasteiger charge is 2.26. The smallest absolute Gasteiger partial charge is 0.308 e. The summed E-state index contributed by atoms with van der Waals surface area (Å²) >= 11 is 1.21. The summed E-state index contributed by atoms with van der Waals surface area (Å²) < 4.78 is 5.21. The molecule has 7 nitrogen and oxygen atoms in total. The Bertz CT molecular complexity index is 1060. The van der Waals surface area contributed by atoms with Crippen LogP contribution in [-0.4, -0.2) is 27.8 Å². The summed E-state index contributed by atoms with van der Waals surface area (Å²) in [5.74, 6) is -0.288. The second-order valence-corrected chi connectivity index (χ2v) is 6.40. The van der Waals surface area contributed by atoms with Crippen molar-refractivity contribution in [3.63, 3.8) is 0 Å². The molecule has 3 aromatic rings. The average Bonchev–Trinajstić information content (AvgIpc) is 3.20. The third kappa shape index (κ3) is 2.98. The van der Waals surface area contributed by atoms with E-state index in [9.17, 15) is 9.59 Å². The molecule has 0 bridgehead atoms. The van der Waals surface area contributed by atoms with Crippen molar-refractivity contribution in [3.05, 3.63) is 54.1 Å². The number of nitrogens with one attached hydrogen (secondary N) is 1. The van der Waals surface area contributed by atoms with Gasteiger partial charge < -0.3 is 10.1 Å². The van der Waals surface area contributed by atoms with Gasteiger partial charge in [-0.25, -0.2) is 4.99 Å². The number of esters is 1. The van der Waals surface area contributed by atoms with Crippen LogP contribution >= 0.6 is 11.3 Å². The number of carbonyl (C=O) groups excluding carboxylic acids is 2. The molecule has 1 amide bonds. The van der Waals surface area contributed by atoms with Crippen molar-refractivity contribution in [1.82, 2.24) is 10.2 Å². The maximum atomic E-state index is 12.1. The molecular weight excluding hydrogens is 352 g/mol. The van der Waals surface area contributed by atoms with Crippen LogP contribution in [0, 0.1) is 0 Å². The molecule has 0 saturated carbocycles. The van der Waals surface area contributed by atoms with Crippen LogP contribution in [0.1, 0.15) is 12.5 Å². The van der Waals surface area contributed by atoms with Crippen LogP contribution in [0.5, 0.6) is 5.75 Å². The molecule has 4 rings (SSSR count). The Morgan fingerprint density at radius 1 is 1.08 bits per heavy atom. The first kappa shape index (κ1) is 16.1. The molecule has 2 aromatic carbocycles. The van der Waals surface area contributed by atoms with Crippen molar-refractivity contribution in [1.29, 1.82) is 0 Å². The zero-order valence-corrected chi connectivity index (χ0v) is 14.4. The fourth-order valence-corrected chi connectivity index (χ4v) is 3.32. The Morgan fingerprint density at radius 2 is 1.81 bits per heavy atom. The number of hydrogen-bond donors (Lipinski definition) is 1. The molecule has 1 aliphatic heterocycles. The standard InChI is InChI=1S/C18H12N4O3S/c1-10(23)25-14-9-5-3-7-12(14)17-21-22-18(26-17)20-15-11-6-2-4-8-13(11)19-16(15)24/h2-9H,1H3,(H,19,20,22,24). The van der Waals surface area contributed by atoms with Crippen molar-refractivity contribution in [2.45, 2.75) is 6.92 Å². The second kappa shape index (κ2) is 6.49. The van der Waals surface area contributed by atoms with Gasteiger partial charge in [-0.1, -0.05) is 41.7 Å². The first-order valence-corrected chi connectivity index (χ1v) is 8.54. The number of fused-ring (bicyclic) bond motifs is 1. The van der Waals surface area contributed by atoms with Crippen molar-refractivity contribution < 1.29 is 14.3 Å². The highest BCUT2D eigenvalue weighted by Crippen LogP contribution is 2.35. The molecule has 0 radical (unpaired) electrons. The summed E-state index contributed by atoms with van der Waals surface area (Å²) in [6.07, 6.45) is 0. The summed E-state index contributed by atoms with van der Waals surface area (Å²) in [5, 5.41) is 11.8. The summed E-state index contributed by atoms with van der Waals surface area (Å²) in [6, 6.07) is 14.4. The number of ether oxygens (including phenoxy) is 1. The Morgan fingerprint density at radius 3 is 2.62 bits per heavy atom. The predicted octanol–water partition coefficient (Wildman–Crippen LogP) is 3.20. The highest BCUT2D eigenvalue weighted by atomic mass is 32.1. The lowest BCUT2D eigenvalue weighted by Gasteiger charge is -2.05. The van der Waals surface area contributed by atoms with Gasteiger partial charge in [0.05, 0.1) is 11.3 Å². The lowest BCUT2D eigenvalue weighted by atomic mass is 10.1. The zero-order valence-electron chi connectivity index (χ0n) is 13.6. The fraction of sp³-hybridized carbons (Fsp3) is 0.0556. The quantitative estimate of drug-likeness (QED) is 0.569. The molecule has 8 heteroatoms. The fourth-order valence-electron chi connectivity index (χ4n) is 2.57. The van der Waals surface area contributed by atoms with Gasteiger partial charge in [0, 0.05) is 12.5 Å². The minimum absolute atomic E-state index is 0.275. The van der Waals surface area contributed by atoms with Crippen molar-refractivity contribution in [2.75, 3.05) is 5.32 Å². The highest BCUT2D eigenvalue weighted by molar-refractivity contribution is 7.18. The van der Waals surface area contributed by atoms with Gasteiger partial charge in [0.25, 0.3) is 5.91 Å². The Balaban J connectivity index is 1.70. The summed E-state index contributed by atoms with van der Waals surface area (Å²) in [4.78, 5) is 27.8. The minimum Gasteiger partial charge on any atom is -0.426 e. The van der Waals surface area contributed by atoms with Crippen LogP contribution in [0.15, 0.2) is 53.5 Å². The molecule has 0 aliphatic carbocycles. The number of carbonyl (C=O) groups is 2. The van der Waals surface area contributed by atoms with Crippen LogP contribution in [0.4, 0.5) is 10.8 Å². The Kier molecular flexibility index (Phi) is 4.02. The van der Waals surface area contributed by atoms with E-state index in [1.807, 2.05) is 30.3 Å². The predicted molar refractivity (Wildman–Crippen MR) is 97.9 cm³/mol. The van der Waals surface area contributed by atoms with Crippen LogP contribution in [-0.2, 0) is 9.59 Å². The number of aromatic nitrogens is 2. The summed E-state index contributed by atoms with van der Waals surface area (Å²) in [6.45, 7) is 1.34. The molecule has 0 unspecified atom stereocenters. The molecule has 128 valence electrons. The molecule has 0 atom stereocenters. The molecule has 0 spiro atoms. The van der Waals surface area contributed by atoms with Gasteiger partial charge in [0.1, 0.15) is 11.5 Å². The average molecular weight is 364 g/mol. The third-order valence-electron chi connectivity index (χ3n) is 3.64. The number of nitrogens with zero attached hydrogens (tertiary/aromatic N) is 3. The van der Waals surface area contributed by atoms with Crippen LogP contribution in [0.2, 0.25) is 0 Å². The van der Waals surface area contributed by atoms with E-state index in [1.165, 1.54) is 18.3 Å². The Labute approximate surface area is 152 Å². The summed E-state index contributed by atoms with van der Waals surface area (Å²) in [7, 11) is 0. The zero-order chi connectivity index (χ0) is 18.1. The molecule has 1 aromatic heterocycles. The topological polar surface area (TPSA) is 93.5 Å². The van der Waals surface area contributed by atoms with E-state index in [0.717, 1.165) is 11.3 Å². The van der Waals surface area contributed by atoms with Gasteiger partial charge >= 0.3 is 5.97 Å². The summed E-state index contributed by atoms with van der Waals surface area (Å²) in [5.41, 5.74) is 2.40. The van der Waals surface area contributed by atoms with Crippen LogP contribution < -0.4 is 10.1 Å². The third-order valence-corrected chi connectivity index (χ3v) is 4.49. The van der Waals surface area contributed by atoms with E-state index < -0.39 is 5.97 Å². The normalized spacial score (nSPS) is 14.2.